The Bertz CT molecular complexity index is 1720. The van der Waals surface area contributed by atoms with Crippen LogP contribution in [0.4, 0.5) is 21.9 Å². The minimum Gasteiger partial charge on any atom is -0.506 e. The van der Waals surface area contributed by atoms with Crippen LogP contribution in [0.5, 0.6) is 17.2 Å². The van der Waals surface area contributed by atoms with Crippen LogP contribution < -0.4 is 25.4 Å². The van der Waals surface area contributed by atoms with Gasteiger partial charge in [0, 0.05) is 11.1 Å². The maximum Gasteiger partial charge on any atom is 0.412 e. The number of allylic oxidation sites excluding steroid dienone is 2. The Balaban J connectivity index is 1.89. The van der Waals surface area contributed by atoms with Gasteiger partial charge in [0.05, 0.1) is 36.8 Å². The second kappa shape index (κ2) is 16.7. The van der Waals surface area contributed by atoms with Gasteiger partial charge in [0.25, 0.3) is 11.8 Å². The van der Waals surface area contributed by atoms with Crippen molar-refractivity contribution in [1.82, 2.24) is 0 Å². The first kappa shape index (κ1) is 36.7. The molecular weight excluding hydrogens is 618 g/mol. The number of esters is 1. The number of amides is 3. The normalized spacial score (nSPS) is 11.4. The molecule has 0 bridgehead atoms. The molecule has 0 aliphatic carbocycles. The summed E-state index contributed by atoms with van der Waals surface area (Å²) >= 11 is 0. The molecule has 0 unspecified atom stereocenters. The van der Waals surface area contributed by atoms with E-state index in [9.17, 15) is 24.3 Å². The molecule has 254 valence electrons. The summed E-state index contributed by atoms with van der Waals surface area (Å²) in [6.45, 7) is 9.26. The lowest BCUT2D eigenvalue weighted by Gasteiger charge is -2.20. The first-order valence-electron chi connectivity index (χ1n) is 15.1. The minimum absolute atomic E-state index is 0.0762. The fourth-order valence-electron chi connectivity index (χ4n) is 4.32. The number of carbonyl (C=O) groups excluding carboxylic acids is 4. The Kier molecular flexibility index (Phi) is 12.8. The highest BCUT2D eigenvalue weighted by Gasteiger charge is 2.20. The summed E-state index contributed by atoms with van der Waals surface area (Å²) < 4.78 is 21.5. The van der Waals surface area contributed by atoms with Gasteiger partial charge in [-0.15, -0.1) is 0 Å². The van der Waals surface area contributed by atoms with Gasteiger partial charge in [0.2, 0.25) is 0 Å². The minimum atomic E-state index is -0.702. The molecule has 3 rings (SSSR count). The highest BCUT2D eigenvalue weighted by atomic mass is 16.6. The third kappa shape index (κ3) is 10.4. The molecule has 0 heterocycles. The van der Waals surface area contributed by atoms with Crippen molar-refractivity contribution in [2.45, 2.75) is 46.6 Å². The van der Waals surface area contributed by atoms with Gasteiger partial charge in [-0.1, -0.05) is 25.2 Å². The van der Waals surface area contributed by atoms with Gasteiger partial charge in [-0.05, 0) is 94.3 Å². The average molecular weight is 660 g/mol. The Morgan fingerprint density at radius 2 is 1.35 bits per heavy atom. The second-order valence-electron chi connectivity index (χ2n) is 11.4. The fraction of sp³-hybridized carbons (Fsp3) is 0.278. The van der Waals surface area contributed by atoms with Crippen LogP contribution in [0, 0.1) is 0 Å². The van der Waals surface area contributed by atoms with Crippen molar-refractivity contribution >= 4 is 40.9 Å². The van der Waals surface area contributed by atoms with E-state index in [-0.39, 0.29) is 51.9 Å². The summed E-state index contributed by atoms with van der Waals surface area (Å²) in [5.41, 5.74) is 1.37. The van der Waals surface area contributed by atoms with E-state index in [1.807, 2.05) is 32.1 Å². The molecule has 0 spiro atoms. The summed E-state index contributed by atoms with van der Waals surface area (Å²) in [4.78, 5) is 50.7. The number of methoxy groups -OCH3 is 2. The van der Waals surface area contributed by atoms with E-state index < -0.39 is 29.5 Å². The Morgan fingerprint density at radius 1 is 0.792 bits per heavy atom. The largest absolute Gasteiger partial charge is 0.506 e. The number of phenols is 1. The molecule has 0 aromatic heterocycles. The van der Waals surface area contributed by atoms with Crippen LogP contribution in [0.2, 0.25) is 0 Å². The van der Waals surface area contributed by atoms with Crippen LogP contribution in [0.25, 0.3) is 0 Å². The fourth-order valence-corrected chi connectivity index (χ4v) is 4.32. The molecule has 3 amide bonds. The van der Waals surface area contributed by atoms with Gasteiger partial charge in [-0.2, -0.15) is 0 Å². The summed E-state index contributed by atoms with van der Waals surface area (Å²) in [5, 5.41) is 18.4. The Labute approximate surface area is 279 Å². The molecule has 0 saturated heterocycles. The maximum absolute atomic E-state index is 13.4. The Morgan fingerprint density at radius 3 is 1.90 bits per heavy atom. The molecule has 48 heavy (non-hydrogen) atoms. The first-order valence-corrected chi connectivity index (χ1v) is 15.1. The highest BCUT2D eigenvalue weighted by Crippen LogP contribution is 2.31. The molecule has 0 saturated carbocycles. The maximum atomic E-state index is 13.4. The molecule has 0 aliphatic rings. The van der Waals surface area contributed by atoms with Gasteiger partial charge in [0.15, 0.2) is 0 Å². The van der Waals surface area contributed by atoms with Gasteiger partial charge >= 0.3 is 12.1 Å². The van der Waals surface area contributed by atoms with Crippen molar-refractivity contribution in [3.05, 3.63) is 95.1 Å². The molecular formula is C36H41N3O9. The number of phenolic OH excluding ortho intramolecular Hbond substituents is 1. The molecule has 0 atom stereocenters. The van der Waals surface area contributed by atoms with Gasteiger partial charge in [-0.3, -0.25) is 14.9 Å². The van der Waals surface area contributed by atoms with E-state index in [1.54, 1.807) is 20.8 Å². The van der Waals surface area contributed by atoms with Crippen LogP contribution in [0.3, 0.4) is 0 Å². The van der Waals surface area contributed by atoms with E-state index in [0.717, 1.165) is 12.0 Å². The topological polar surface area (TPSA) is 162 Å². The monoisotopic (exact) mass is 659 g/mol. The number of ether oxygens (including phenoxy) is 4. The van der Waals surface area contributed by atoms with E-state index in [4.69, 9.17) is 14.2 Å². The average Bonchev–Trinajstić information content (AvgIpc) is 3.04. The van der Waals surface area contributed by atoms with Crippen LogP contribution in [-0.4, -0.2) is 55.4 Å². The third-order valence-electron chi connectivity index (χ3n) is 6.50. The van der Waals surface area contributed by atoms with Gasteiger partial charge in [-0.25, -0.2) is 9.59 Å². The van der Waals surface area contributed by atoms with E-state index >= 15 is 0 Å². The van der Waals surface area contributed by atoms with Crippen molar-refractivity contribution in [3.8, 4) is 17.2 Å². The van der Waals surface area contributed by atoms with Crippen LogP contribution >= 0.6 is 0 Å². The van der Waals surface area contributed by atoms with E-state index in [2.05, 4.69) is 20.7 Å². The van der Waals surface area contributed by atoms with E-state index in [0.29, 0.717) is 5.69 Å². The lowest BCUT2D eigenvalue weighted by Crippen LogP contribution is -2.27. The third-order valence-corrected chi connectivity index (χ3v) is 6.50. The predicted molar refractivity (Wildman–Crippen MR) is 183 cm³/mol. The number of hydrogen-bond donors (Lipinski definition) is 4. The molecule has 12 nitrogen and oxygen atoms in total. The number of nitrogens with one attached hydrogen (secondary N) is 3. The summed E-state index contributed by atoms with van der Waals surface area (Å²) in [6, 6.07) is 13.0. The molecule has 0 radical (unpaired) electrons. The van der Waals surface area contributed by atoms with Crippen LogP contribution in [0.1, 0.15) is 72.1 Å². The molecule has 4 N–H and O–H groups in total. The number of carbonyl (C=O) groups is 4. The number of rotatable bonds is 12. The summed E-state index contributed by atoms with van der Waals surface area (Å²) in [7, 11) is 2.63. The van der Waals surface area contributed by atoms with Crippen molar-refractivity contribution in [2.75, 3.05) is 36.8 Å². The quantitative estimate of drug-likeness (QED) is 0.0886. The lowest BCUT2D eigenvalue weighted by atomic mass is 10.1. The smallest absolute Gasteiger partial charge is 0.412 e. The van der Waals surface area contributed by atoms with Crippen LogP contribution in [0.15, 0.2) is 78.4 Å². The van der Waals surface area contributed by atoms with E-state index in [1.165, 1.54) is 68.8 Å². The number of benzene rings is 3. The molecule has 0 aliphatic heterocycles. The van der Waals surface area contributed by atoms with Gasteiger partial charge < -0.3 is 34.7 Å². The summed E-state index contributed by atoms with van der Waals surface area (Å²) in [6.07, 6.45) is 5.87. The highest BCUT2D eigenvalue weighted by molar-refractivity contribution is 6.08. The first-order chi connectivity index (χ1) is 22.8. The standard InChI is InChI=1S/C36H41N3O9/c1-8-10-22(11-9-2)21-47-31-20-24(32(41)37-26-15-14-25(18-29(26)40)34(43)46-7)13-17-28(31)38-33(42)23-12-16-27(30(19-23)45-6)39-35(44)48-36(3,4)5/h8,10-20,40H,9,21H2,1-7H3,(H,37,41)(H,38,42)(H,39,44)/b10-8-,22-11+. The number of aromatic hydroxyl groups is 1. The molecule has 0 fully saturated rings. The molecule has 3 aromatic carbocycles. The van der Waals surface area contributed by atoms with Crippen molar-refractivity contribution in [1.29, 1.82) is 0 Å². The Hall–Kier alpha value is -5.78. The second-order valence-corrected chi connectivity index (χ2v) is 11.4. The lowest BCUT2D eigenvalue weighted by molar-refractivity contribution is 0.0597. The summed E-state index contributed by atoms with van der Waals surface area (Å²) in [5.74, 6) is -1.59. The van der Waals surface area contributed by atoms with Crippen molar-refractivity contribution in [2.24, 2.45) is 0 Å². The zero-order valence-electron chi connectivity index (χ0n) is 28.1. The zero-order chi connectivity index (χ0) is 35.4. The number of anilines is 3. The van der Waals surface area contributed by atoms with Gasteiger partial charge in [0.1, 0.15) is 29.5 Å². The van der Waals surface area contributed by atoms with Crippen LogP contribution in [-0.2, 0) is 9.47 Å². The predicted octanol–water partition coefficient (Wildman–Crippen LogP) is 7.33. The van der Waals surface area contributed by atoms with Crippen molar-refractivity contribution in [3.63, 3.8) is 0 Å². The SMILES string of the molecule is C/C=C\C(=C/CC)COc1cc(C(=O)Nc2ccc(C(=O)OC)cc2O)ccc1NC(=O)c1ccc(NC(=O)OC(C)(C)C)c(OC)c1. The molecule has 12 heteroatoms. The number of hydrogen-bond acceptors (Lipinski definition) is 9. The molecule has 3 aromatic rings. The zero-order valence-corrected chi connectivity index (χ0v) is 28.1. The van der Waals surface area contributed by atoms with Crippen molar-refractivity contribution < 1.29 is 43.2 Å².